The number of carbonyl (C=O) groups excluding carboxylic acids is 2. The summed E-state index contributed by atoms with van der Waals surface area (Å²) < 4.78 is 22.7. The molecule has 1 saturated heterocycles. The second-order valence-electron chi connectivity index (χ2n) is 6.55. The van der Waals surface area contributed by atoms with Gasteiger partial charge in [0.2, 0.25) is 21.8 Å². The van der Waals surface area contributed by atoms with Gasteiger partial charge < -0.3 is 0 Å². The van der Waals surface area contributed by atoms with Gasteiger partial charge in [0.25, 0.3) is 0 Å². The molecule has 6 nitrogen and oxygen atoms in total. The van der Waals surface area contributed by atoms with E-state index in [9.17, 15) is 18.0 Å². The van der Waals surface area contributed by atoms with Crippen molar-refractivity contribution in [2.45, 2.75) is 21.0 Å². The van der Waals surface area contributed by atoms with Crippen LogP contribution in [0.4, 0.5) is 5.69 Å². The van der Waals surface area contributed by atoms with E-state index < -0.39 is 10.0 Å². The maximum absolute atomic E-state index is 12.8. The zero-order valence-electron chi connectivity index (χ0n) is 12.3. The predicted molar refractivity (Wildman–Crippen MR) is 94.3 cm³/mol. The van der Waals surface area contributed by atoms with Crippen molar-refractivity contribution in [1.29, 1.82) is 0 Å². The zero-order valence-corrected chi connectivity index (χ0v) is 16.3. The van der Waals surface area contributed by atoms with Gasteiger partial charge in [0.05, 0.1) is 22.4 Å². The van der Waals surface area contributed by atoms with Crippen LogP contribution >= 0.6 is 31.9 Å². The molecule has 2 saturated carbocycles. The van der Waals surface area contributed by atoms with E-state index >= 15 is 0 Å². The molecular weight excluding hydrogens is 464 g/mol. The van der Waals surface area contributed by atoms with Crippen LogP contribution in [-0.2, 0) is 19.6 Å². The summed E-state index contributed by atoms with van der Waals surface area (Å²) in [5.74, 6) is -0.671. The van der Waals surface area contributed by atoms with Crippen molar-refractivity contribution in [3.8, 4) is 0 Å². The van der Waals surface area contributed by atoms with Gasteiger partial charge in [-0.05, 0) is 42.5 Å². The van der Waals surface area contributed by atoms with Crippen LogP contribution in [0.15, 0.2) is 29.2 Å². The van der Waals surface area contributed by atoms with Crippen LogP contribution < -0.4 is 10.0 Å². The summed E-state index contributed by atoms with van der Waals surface area (Å²) >= 11 is 7.29. The minimum atomic E-state index is -3.81. The van der Waals surface area contributed by atoms with E-state index in [4.69, 9.17) is 5.14 Å². The van der Waals surface area contributed by atoms with Crippen LogP contribution in [0.5, 0.6) is 0 Å². The van der Waals surface area contributed by atoms with E-state index in [1.165, 1.54) is 29.2 Å². The normalized spacial score (nSPS) is 38.0. The van der Waals surface area contributed by atoms with Crippen LogP contribution in [0, 0.1) is 23.7 Å². The molecule has 4 rings (SSSR count). The molecule has 1 aromatic rings. The molecule has 1 aliphatic heterocycles. The zero-order chi connectivity index (χ0) is 17.4. The number of sulfonamides is 1. The topological polar surface area (TPSA) is 97.5 Å². The van der Waals surface area contributed by atoms with Crippen LogP contribution in [0.3, 0.4) is 0 Å². The fourth-order valence-electron chi connectivity index (χ4n) is 4.39. The number of alkyl halides is 2. The average molecular weight is 478 g/mol. The summed E-state index contributed by atoms with van der Waals surface area (Å²) in [5.41, 5.74) is 0.392. The maximum Gasteiger partial charge on any atom is 0.238 e. The number of primary sulfonamides is 1. The number of halogens is 2. The highest BCUT2D eigenvalue weighted by Crippen LogP contribution is 2.60. The highest BCUT2D eigenvalue weighted by atomic mass is 79.9. The summed E-state index contributed by atoms with van der Waals surface area (Å²) in [6.07, 6.45) is 0.872. The number of fused-ring (bicyclic) bond motifs is 5. The smallest absolute Gasteiger partial charge is 0.238 e. The number of amides is 2. The Morgan fingerprint density at radius 3 is 1.83 bits per heavy atom. The first kappa shape index (κ1) is 16.7. The van der Waals surface area contributed by atoms with Gasteiger partial charge in [0, 0.05) is 9.65 Å². The van der Waals surface area contributed by atoms with Gasteiger partial charge in [-0.15, -0.1) is 0 Å². The van der Waals surface area contributed by atoms with E-state index in [2.05, 4.69) is 31.9 Å². The maximum atomic E-state index is 12.8. The van der Waals surface area contributed by atoms with Crippen LogP contribution in [0.2, 0.25) is 0 Å². The number of benzene rings is 1. The van der Waals surface area contributed by atoms with E-state index in [0.29, 0.717) is 5.69 Å². The highest BCUT2D eigenvalue weighted by molar-refractivity contribution is 9.12. The molecule has 0 aromatic heterocycles. The van der Waals surface area contributed by atoms with Crippen LogP contribution in [-0.4, -0.2) is 29.9 Å². The molecule has 2 N–H and O–H groups in total. The van der Waals surface area contributed by atoms with Gasteiger partial charge in [0.1, 0.15) is 0 Å². The Bertz CT molecular complexity index is 810. The fraction of sp³-hybridized carbons (Fsp3) is 0.467. The Labute approximate surface area is 156 Å². The standard InChI is InChI=1S/C15H14Br2N2O4S/c16-12-8-5-9(13(12)17)11-10(8)14(20)19(15(11)21)6-1-3-7(4-2-6)24(18,22)23/h1-4,8-13H,5H2,(H2,18,22,23)/t8-,9-,10-,11-,12-,13+/m1/s1. The van der Waals surface area contributed by atoms with E-state index in [0.717, 1.165) is 6.42 Å². The Hall–Kier alpha value is -0.770. The number of hydrogen-bond donors (Lipinski definition) is 1. The van der Waals surface area contributed by atoms with Crippen molar-refractivity contribution in [3.63, 3.8) is 0 Å². The summed E-state index contributed by atoms with van der Waals surface area (Å²) in [6.45, 7) is 0. The lowest BCUT2D eigenvalue weighted by Crippen LogP contribution is -2.37. The quantitative estimate of drug-likeness (QED) is 0.516. The molecule has 3 aliphatic rings. The molecule has 2 aliphatic carbocycles. The van der Waals surface area contributed by atoms with Crippen molar-refractivity contribution in [2.24, 2.45) is 28.8 Å². The van der Waals surface area contributed by atoms with Crippen molar-refractivity contribution in [2.75, 3.05) is 4.90 Å². The molecule has 24 heavy (non-hydrogen) atoms. The van der Waals surface area contributed by atoms with Crippen LogP contribution in [0.1, 0.15) is 6.42 Å². The molecule has 3 fully saturated rings. The molecule has 128 valence electrons. The second kappa shape index (κ2) is 5.36. The largest absolute Gasteiger partial charge is 0.274 e. The predicted octanol–water partition coefficient (Wildman–Crippen LogP) is 1.62. The third-order valence-corrected chi connectivity index (χ3v) is 9.55. The lowest BCUT2D eigenvalue weighted by Gasteiger charge is -2.28. The Balaban J connectivity index is 1.69. The molecule has 1 aromatic carbocycles. The molecule has 0 spiro atoms. The molecule has 6 atom stereocenters. The molecular formula is C15H14Br2N2O4S. The molecule has 0 radical (unpaired) electrons. The number of nitrogens with zero attached hydrogens (tertiary/aromatic N) is 1. The van der Waals surface area contributed by atoms with Crippen LogP contribution in [0.25, 0.3) is 0 Å². The minimum Gasteiger partial charge on any atom is -0.274 e. The number of nitrogens with two attached hydrogens (primary N) is 1. The molecule has 2 amide bonds. The summed E-state index contributed by atoms with van der Waals surface area (Å²) in [5, 5.41) is 5.08. The van der Waals surface area contributed by atoms with E-state index in [1.807, 2.05) is 0 Å². The van der Waals surface area contributed by atoms with Gasteiger partial charge in [-0.2, -0.15) is 0 Å². The molecule has 1 heterocycles. The van der Waals surface area contributed by atoms with Gasteiger partial charge in [-0.3, -0.25) is 14.5 Å². The Morgan fingerprint density at radius 1 is 0.958 bits per heavy atom. The molecule has 9 heteroatoms. The third-order valence-electron chi connectivity index (χ3n) is 5.41. The first-order chi connectivity index (χ1) is 11.2. The number of imide groups is 1. The monoisotopic (exact) mass is 476 g/mol. The molecule has 2 bridgehead atoms. The second-order valence-corrected chi connectivity index (χ2v) is 10.2. The first-order valence-corrected chi connectivity index (χ1v) is 10.9. The number of rotatable bonds is 2. The highest BCUT2D eigenvalue weighted by Gasteiger charge is 2.66. The number of anilines is 1. The van der Waals surface area contributed by atoms with E-state index in [-0.39, 0.29) is 50.0 Å². The number of hydrogen-bond acceptors (Lipinski definition) is 4. The van der Waals surface area contributed by atoms with Gasteiger partial charge >= 0.3 is 0 Å². The van der Waals surface area contributed by atoms with Crippen molar-refractivity contribution in [1.82, 2.24) is 0 Å². The average Bonchev–Trinajstić information content (AvgIpc) is 3.12. The van der Waals surface area contributed by atoms with E-state index in [1.54, 1.807) is 0 Å². The van der Waals surface area contributed by atoms with Gasteiger partial charge in [-0.25, -0.2) is 13.6 Å². The van der Waals surface area contributed by atoms with Crippen molar-refractivity contribution < 1.29 is 18.0 Å². The first-order valence-electron chi connectivity index (χ1n) is 7.50. The Morgan fingerprint density at radius 2 is 1.42 bits per heavy atom. The summed E-state index contributed by atoms with van der Waals surface area (Å²) in [7, 11) is -3.81. The Kier molecular flexibility index (Phi) is 3.73. The third kappa shape index (κ3) is 2.17. The number of carbonyl (C=O) groups is 2. The van der Waals surface area contributed by atoms with Gasteiger partial charge in [-0.1, -0.05) is 31.9 Å². The minimum absolute atomic E-state index is 0.0494. The fourth-order valence-corrected chi connectivity index (χ4v) is 6.78. The molecule has 0 unspecified atom stereocenters. The summed E-state index contributed by atoms with van der Waals surface area (Å²) in [6, 6.07) is 5.54. The lowest BCUT2D eigenvalue weighted by molar-refractivity contribution is -0.123. The van der Waals surface area contributed by atoms with Crippen molar-refractivity contribution >= 4 is 59.4 Å². The summed E-state index contributed by atoms with van der Waals surface area (Å²) in [4.78, 5) is 27.2. The van der Waals surface area contributed by atoms with Crippen molar-refractivity contribution in [3.05, 3.63) is 24.3 Å². The SMILES string of the molecule is NS(=O)(=O)c1ccc(N2C(=O)[C@@H]3[C@H]4C[C@@H]([C@@H](Br)[C@H]4Br)[C@H]3C2=O)cc1. The lowest BCUT2D eigenvalue weighted by atomic mass is 9.81. The van der Waals surface area contributed by atoms with Gasteiger partial charge in [0.15, 0.2) is 0 Å².